The van der Waals surface area contributed by atoms with Crippen molar-refractivity contribution in [2.24, 2.45) is 5.92 Å². The summed E-state index contributed by atoms with van der Waals surface area (Å²) < 4.78 is 1.63. The summed E-state index contributed by atoms with van der Waals surface area (Å²) in [5.74, 6) is 0.528. The van der Waals surface area contributed by atoms with E-state index in [0.29, 0.717) is 18.4 Å². The number of carbonyl (C=O) groups excluding carboxylic acids is 1. The van der Waals surface area contributed by atoms with Gasteiger partial charge in [0.1, 0.15) is 6.33 Å². The molecule has 0 aliphatic heterocycles. The molecule has 1 unspecified atom stereocenters. The van der Waals surface area contributed by atoms with Crippen LogP contribution in [0, 0.1) is 5.92 Å². The predicted octanol–water partition coefficient (Wildman–Crippen LogP) is 0.529. The largest absolute Gasteiger partial charge is 0.359 e. The maximum Gasteiger partial charge on any atom is 0.241 e. The van der Waals surface area contributed by atoms with Crippen LogP contribution in [0.25, 0.3) is 5.95 Å². The lowest BCUT2D eigenvalue weighted by Crippen LogP contribution is -2.35. The van der Waals surface area contributed by atoms with Crippen LogP contribution in [0.4, 0.5) is 5.95 Å². The average molecular weight is 310 g/mol. The first-order valence-electron chi connectivity index (χ1n) is 6.34. The van der Waals surface area contributed by atoms with E-state index in [0.717, 1.165) is 0 Å². The normalized spacial score (nSPS) is 12.0. The van der Waals surface area contributed by atoms with E-state index in [1.807, 2.05) is 6.92 Å². The fourth-order valence-corrected chi connectivity index (χ4v) is 1.97. The van der Waals surface area contributed by atoms with E-state index in [1.54, 1.807) is 42.3 Å². The average Bonchev–Trinajstić information content (AvgIpc) is 2.99. The molecule has 21 heavy (non-hydrogen) atoms. The molecule has 1 atom stereocenters. The van der Waals surface area contributed by atoms with Crippen molar-refractivity contribution in [1.82, 2.24) is 29.8 Å². The lowest BCUT2D eigenvalue weighted by atomic mass is 10.1. The SMILES string of the molecule is CNC(=O)C(C)CN(C)c1nc(Cl)nc(-n2ccnc2)n1. The smallest absolute Gasteiger partial charge is 0.241 e. The molecule has 0 spiro atoms. The van der Waals surface area contributed by atoms with E-state index in [-0.39, 0.29) is 17.1 Å². The number of amides is 1. The molecule has 0 saturated heterocycles. The van der Waals surface area contributed by atoms with Gasteiger partial charge in [-0.1, -0.05) is 6.92 Å². The summed E-state index contributed by atoms with van der Waals surface area (Å²) in [7, 11) is 3.40. The Morgan fingerprint density at radius 2 is 2.24 bits per heavy atom. The standard InChI is InChI=1S/C12H16ClN7O/c1-8(9(21)14-2)6-19(3)11-16-10(13)17-12(18-11)20-5-4-15-7-20/h4-5,7-8H,6H2,1-3H3,(H,14,21). The van der Waals surface area contributed by atoms with Gasteiger partial charge in [-0.05, 0) is 11.6 Å². The zero-order chi connectivity index (χ0) is 15.4. The van der Waals surface area contributed by atoms with Crippen LogP contribution in [-0.4, -0.2) is 51.1 Å². The first kappa shape index (κ1) is 15.2. The summed E-state index contributed by atoms with van der Waals surface area (Å²) in [5, 5.41) is 2.70. The molecular formula is C12H16ClN7O. The number of nitrogens with zero attached hydrogens (tertiary/aromatic N) is 6. The zero-order valence-corrected chi connectivity index (χ0v) is 12.7. The zero-order valence-electron chi connectivity index (χ0n) is 12.0. The van der Waals surface area contributed by atoms with Crippen molar-refractivity contribution in [3.63, 3.8) is 0 Å². The summed E-state index contributed by atoms with van der Waals surface area (Å²) in [5.41, 5.74) is 0. The van der Waals surface area contributed by atoms with Crippen LogP contribution in [0.1, 0.15) is 6.92 Å². The van der Waals surface area contributed by atoms with Gasteiger partial charge in [0, 0.05) is 33.0 Å². The molecule has 1 N–H and O–H groups in total. The van der Waals surface area contributed by atoms with Gasteiger partial charge in [0.25, 0.3) is 0 Å². The Balaban J connectivity index is 2.21. The molecule has 0 aliphatic carbocycles. The van der Waals surface area contributed by atoms with Crippen molar-refractivity contribution in [3.8, 4) is 5.95 Å². The van der Waals surface area contributed by atoms with E-state index in [9.17, 15) is 4.79 Å². The Hall–Kier alpha value is -2.22. The lowest BCUT2D eigenvalue weighted by molar-refractivity contribution is -0.123. The Labute approximate surface area is 127 Å². The van der Waals surface area contributed by atoms with Crippen LogP contribution in [0.5, 0.6) is 0 Å². The van der Waals surface area contributed by atoms with Gasteiger partial charge in [0.2, 0.25) is 23.1 Å². The summed E-state index contributed by atoms with van der Waals surface area (Å²) >= 11 is 5.94. The maximum atomic E-state index is 11.6. The summed E-state index contributed by atoms with van der Waals surface area (Å²) in [4.78, 5) is 29.7. The quantitative estimate of drug-likeness (QED) is 0.866. The van der Waals surface area contributed by atoms with Crippen LogP contribution >= 0.6 is 11.6 Å². The number of nitrogens with one attached hydrogen (secondary N) is 1. The van der Waals surface area contributed by atoms with Gasteiger partial charge >= 0.3 is 0 Å². The highest BCUT2D eigenvalue weighted by Crippen LogP contribution is 2.13. The molecule has 0 fully saturated rings. The number of halogens is 1. The van der Waals surface area contributed by atoms with Crippen molar-refractivity contribution < 1.29 is 4.79 Å². The van der Waals surface area contributed by atoms with Gasteiger partial charge in [0.15, 0.2) is 0 Å². The second kappa shape index (κ2) is 6.49. The van der Waals surface area contributed by atoms with Crippen LogP contribution in [0.15, 0.2) is 18.7 Å². The van der Waals surface area contributed by atoms with Crippen molar-refractivity contribution in [3.05, 3.63) is 24.0 Å². The molecule has 2 aromatic rings. The molecule has 8 nitrogen and oxygen atoms in total. The highest BCUT2D eigenvalue weighted by atomic mass is 35.5. The fraction of sp³-hybridized carbons (Fsp3) is 0.417. The summed E-state index contributed by atoms with van der Waals surface area (Å²) in [6.45, 7) is 2.29. The Bertz CT molecular complexity index is 616. The van der Waals surface area contributed by atoms with Crippen LogP contribution in [-0.2, 0) is 4.79 Å². The highest BCUT2D eigenvalue weighted by molar-refractivity contribution is 6.28. The fourth-order valence-electron chi connectivity index (χ4n) is 1.81. The minimum absolute atomic E-state index is 0.0446. The molecule has 2 rings (SSSR count). The van der Waals surface area contributed by atoms with Crippen molar-refractivity contribution in [2.45, 2.75) is 6.92 Å². The molecular weight excluding hydrogens is 294 g/mol. The van der Waals surface area contributed by atoms with Gasteiger partial charge in [-0.15, -0.1) is 0 Å². The molecule has 2 heterocycles. The van der Waals surface area contributed by atoms with Crippen LogP contribution in [0.2, 0.25) is 5.28 Å². The third-order valence-corrected chi connectivity index (χ3v) is 3.07. The van der Waals surface area contributed by atoms with Gasteiger partial charge in [-0.2, -0.15) is 15.0 Å². The number of hydrogen-bond donors (Lipinski definition) is 1. The number of aromatic nitrogens is 5. The molecule has 0 saturated carbocycles. The van der Waals surface area contributed by atoms with Gasteiger partial charge in [0.05, 0.1) is 5.92 Å². The number of rotatable bonds is 5. The molecule has 2 aromatic heterocycles. The first-order chi connectivity index (χ1) is 10.0. The molecule has 0 bridgehead atoms. The van der Waals surface area contributed by atoms with Gasteiger partial charge in [-0.3, -0.25) is 9.36 Å². The monoisotopic (exact) mass is 309 g/mol. The molecule has 0 radical (unpaired) electrons. The molecule has 9 heteroatoms. The van der Waals surface area contributed by atoms with Crippen LogP contribution in [0.3, 0.4) is 0 Å². The van der Waals surface area contributed by atoms with E-state index in [2.05, 4.69) is 25.3 Å². The van der Waals surface area contributed by atoms with Crippen molar-refractivity contribution in [2.75, 3.05) is 25.5 Å². The third kappa shape index (κ3) is 3.66. The van der Waals surface area contributed by atoms with Gasteiger partial charge in [-0.25, -0.2) is 4.98 Å². The number of hydrogen-bond acceptors (Lipinski definition) is 6. The number of imidazole rings is 1. The summed E-state index contributed by atoms with van der Waals surface area (Å²) in [6.07, 6.45) is 4.90. The van der Waals surface area contributed by atoms with E-state index >= 15 is 0 Å². The Kier molecular flexibility index (Phi) is 4.69. The van der Waals surface area contributed by atoms with Gasteiger partial charge < -0.3 is 10.2 Å². The molecule has 0 aromatic carbocycles. The first-order valence-corrected chi connectivity index (χ1v) is 6.71. The van der Waals surface area contributed by atoms with E-state index in [1.165, 1.54) is 0 Å². The third-order valence-electron chi connectivity index (χ3n) is 2.90. The second-order valence-electron chi connectivity index (χ2n) is 4.57. The predicted molar refractivity (Wildman–Crippen MR) is 78.5 cm³/mol. The second-order valence-corrected chi connectivity index (χ2v) is 4.91. The number of anilines is 1. The Morgan fingerprint density at radius 1 is 1.48 bits per heavy atom. The van der Waals surface area contributed by atoms with Crippen molar-refractivity contribution >= 4 is 23.5 Å². The topological polar surface area (TPSA) is 88.8 Å². The van der Waals surface area contributed by atoms with Crippen molar-refractivity contribution in [1.29, 1.82) is 0 Å². The number of carbonyl (C=O) groups is 1. The minimum Gasteiger partial charge on any atom is -0.359 e. The molecule has 1 amide bonds. The highest BCUT2D eigenvalue weighted by Gasteiger charge is 2.17. The summed E-state index contributed by atoms with van der Waals surface area (Å²) in [6, 6.07) is 0. The van der Waals surface area contributed by atoms with E-state index in [4.69, 9.17) is 11.6 Å². The maximum absolute atomic E-state index is 11.6. The molecule has 0 aliphatic rings. The minimum atomic E-state index is -0.202. The van der Waals surface area contributed by atoms with E-state index < -0.39 is 0 Å². The lowest BCUT2D eigenvalue weighted by Gasteiger charge is -2.20. The van der Waals surface area contributed by atoms with Crippen LogP contribution < -0.4 is 10.2 Å². The Morgan fingerprint density at radius 3 is 2.86 bits per heavy atom. The molecule has 112 valence electrons.